The molecular formula is C13H17FO3. The fraction of sp³-hybridized carbons (Fsp3) is 0.462. The first-order chi connectivity index (χ1) is 7.95. The molecule has 3 nitrogen and oxygen atoms in total. The molecule has 1 N–H and O–H groups in total. The molecule has 1 unspecified atom stereocenters. The van der Waals surface area contributed by atoms with Crippen LogP contribution in [0.2, 0.25) is 0 Å². The van der Waals surface area contributed by atoms with E-state index in [1.54, 1.807) is 6.07 Å². The highest BCUT2D eigenvalue weighted by Gasteiger charge is 2.22. The van der Waals surface area contributed by atoms with Gasteiger partial charge in [-0.3, -0.25) is 4.79 Å². The summed E-state index contributed by atoms with van der Waals surface area (Å²) in [5.74, 6) is -1.63. The van der Waals surface area contributed by atoms with Gasteiger partial charge in [0.1, 0.15) is 0 Å². The third-order valence-corrected chi connectivity index (χ3v) is 2.79. The Bertz CT molecular complexity index is 402. The minimum atomic E-state index is -0.851. The highest BCUT2D eigenvalue weighted by atomic mass is 19.1. The molecule has 0 radical (unpaired) electrons. The van der Waals surface area contributed by atoms with Crippen LogP contribution in [0.1, 0.15) is 19.4 Å². The molecule has 1 aromatic carbocycles. The second-order valence-corrected chi connectivity index (χ2v) is 4.36. The molecule has 0 fully saturated rings. The van der Waals surface area contributed by atoms with E-state index in [2.05, 4.69) is 0 Å². The number of carbonyl (C=O) groups is 1. The van der Waals surface area contributed by atoms with Crippen LogP contribution in [-0.2, 0) is 11.2 Å². The minimum absolute atomic E-state index is 0.0117. The van der Waals surface area contributed by atoms with Crippen molar-refractivity contribution in [2.75, 3.05) is 7.11 Å². The highest BCUT2D eigenvalue weighted by Crippen LogP contribution is 2.22. The molecule has 0 saturated heterocycles. The normalized spacial score (nSPS) is 12.5. The van der Waals surface area contributed by atoms with Crippen LogP contribution in [-0.4, -0.2) is 18.2 Å². The molecular weight excluding hydrogens is 223 g/mol. The van der Waals surface area contributed by atoms with Crippen molar-refractivity contribution in [3.8, 4) is 5.75 Å². The molecule has 0 saturated carbocycles. The predicted molar refractivity (Wildman–Crippen MR) is 62.6 cm³/mol. The van der Waals surface area contributed by atoms with Crippen LogP contribution >= 0.6 is 0 Å². The lowest BCUT2D eigenvalue weighted by atomic mass is 9.89. The minimum Gasteiger partial charge on any atom is -0.494 e. The number of rotatable bonds is 5. The number of halogens is 1. The van der Waals surface area contributed by atoms with Gasteiger partial charge in [0.15, 0.2) is 11.6 Å². The van der Waals surface area contributed by atoms with Crippen LogP contribution < -0.4 is 4.74 Å². The Kier molecular flexibility index (Phi) is 4.49. The van der Waals surface area contributed by atoms with E-state index in [0.29, 0.717) is 12.0 Å². The van der Waals surface area contributed by atoms with Crippen LogP contribution in [0.15, 0.2) is 18.2 Å². The lowest BCUT2D eigenvalue weighted by molar-refractivity contribution is -0.143. The second-order valence-electron chi connectivity index (χ2n) is 4.36. The Morgan fingerprint density at radius 2 is 2.12 bits per heavy atom. The molecule has 0 amide bonds. The summed E-state index contributed by atoms with van der Waals surface area (Å²) in [5.41, 5.74) is 0.671. The van der Waals surface area contributed by atoms with Crippen molar-refractivity contribution in [1.29, 1.82) is 0 Å². The quantitative estimate of drug-likeness (QED) is 0.860. The molecule has 94 valence electrons. The van der Waals surface area contributed by atoms with Crippen LogP contribution in [0.4, 0.5) is 4.39 Å². The number of methoxy groups -OCH3 is 1. The molecule has 0 aliphatic carbocycles. The van der Waals surface area contributed by atoms with Crippen molar-refractivity contribution in [1.82, 2.24) is 0 Å². The van der Waals surface area contributed by atoms with Gasteiger partial charge in [0, 0.05) is 0 Å². The van der Waals surface area contributed by atoms with E-state index in [1.807, 2.05) is 13.8 Å². The number of hydrogen-bond donors (Lipinski definition) is 1. The highest BCUT2D eigenvalue weighted by molar-refractivity contribution is 5.70. The number of benzene rings is 1. The SMILES string of the molecule is COc1ccc(CC(C(=O)O)C(C)C)cc1F. The maximum absolute atomic E-state index is 13.4. The van der Waals surface area contributed by atoms with Crippen molar-refractivity contribution in [3.63, 3.8) is 0 Å². The third kappa shape index (κ3) is 3.44. The van der Waals surface area contributed by atoms with Gasteiger partial charge in [-0.2, -0.15) is 0 Å². The van der Waals surface area contributed by atoms with Crippen LogP contribution in [0.5, 0.6) is 5.75 Å². The summed E-state index contributed by atoms with van der Waals surface area (Å²) in [7, 11) is 1.40. The van der Waals surface area contributed by atoms with Gasteiger partial charge < -0.3 is 9.84 Å². The fourth-order valence-electron chi connectivity index (χ4n) is 1.70. The van der Waals surface area contributed by atoms with Gasteiger partial charge >= 0.3 is 5.97 Å². The van der Waals surface area contributed by atoms with Crippen molar-refractivity contribution in [2.24, 2.45) is 11.8 Å². The molecule has 0 bridgehead atoms. The summed E-state index contributed by atoms with van der Waals surface area (Å²) >= 11 is 0. The van der Waals surface area contributed by atoms with Gasteiger partial charge in [-0.1, -0.05) is 19.9 Å². The van der Waals surface area contributed by atoms with E-state index in [1.165, 1.54) is 19.2 Å². The zero-order valence-corrected chi connectivity index (χ0v) is 10.2. The summed E-state index contributed by atoms with van der Waals surface area (Å²) < 4.78 is 18.2. The van der Waals surface area contributed by atoms with Gasteiger partial charge in [0.2, 0.25) is 0 Å². The predicted octanol–water partition coefficient (Wildman–Crippen LogP) is 2.73. The average Bonchev–Trinajstić information content (AvgIpc) is 2.25. The Morgan fingerprint density at radius 3 is 2.53 bits per heavy atom. The zero-order chi connectivity index (χ0) is 13.0. The number of carboxylic acids is 1. The summed E-state index contributed by atoms with van der Waals surface area (Å²) in [6, 6.07) is 4.54. The molecule has 0 aliphatic rings. The number of aliphatic carboxylic acids is 1. The van der Waals surface area contributed by atoms with Crippen molar-refractivity contribution < 1.29 is 19.0 Å². The topological polar surface area (TPSA) is 46.5 Å². The lowest BCUT2D eigenvalue weighted by Gasteiger charge is -2.16. The summed E-state index contributed by atoms with van der Waals surface area (Å²) in [4.78, 5) is 11.0. The number of ether oxygens (including phenoxy) is 1. The molecule has 0 spiro atoms. The average molecular weight is 240 g/mol. The summed E-state index contributed by atoms with van der Waals surface area (Å²) in [5, 5.41) is 9.06. The summed E-state index contributed by atoms with van der Waals surface area (Å²) in [6.07, 6.45) is 0.327. The summed E-state index contributed by atoms with van der Waals surface area (Å²) in [6.45, 7) is 3.69. The largest absolute Gasteiger partial charge is 0.494 e. The Hall–Kier alpha value is -1.58. The maximum Gasteiger partial charge on any atom is 0.307 e. The van der Waals surface area contributed by atoms with Gasteiger partial charge in [-0.05, 0) is 30.0 Å². The van der Waals surface area contributed by atoms with Crippen molar-refractivity contribution in [2.45, 2.75) is 20.3 Å². The van der Waals surface area contributed by atoms with E-state index in [-0.39, 0.29) is 11.7 Å². The monoisotopic (exact) mass is 240 g/mol. The smallest absolute Gasteiger partial charge is 0.307 e. The fourth-order valence-corrected chi connectivity index (χ4v) is 1.70. The number of hydrogen-bond acceptors (Lipinski definition) is 2. The maximum atomic E-state index is 13.4. The lowest BCUT2D eigenvalue weighted by Crippen LogP contribution is -2.22. The first-order valence-electron chi connectivity index (χ1n) is 5.51. The Balaban J connectivity index is 2.87. The molecule has 1 rings (SSSR count). The van der Waals surface area contributed by atoms with E-state index in [0.717, 1.165) is 0 Å². The molecule has 0 aromatic heterocycles. The van der Waals surface area contributed by atoms with Crippen molar-refractivity contribution in [3.05, 3.63) is 29.6 Å². The molecule has 17 heavy (non-hydrogen) atoms. The zero-order valence-electron chi connectivity index (χ0n) is 10.2. The molecule has 0 heterocycles. The standard InChI is InChI=1S/C13H17FO3/c1-8(2)10(13(15)16)6-9-4-5-12(17-3)11(14)7-9/h4-5,7-8,10H,6H2,1-3H3,(H,15,16). The van der Waals surface area contributed by atoms with Crippen LogP contribution in [0.3, 0.4) is 0 Å². The molecule has 1 atom stereocenters. The Morgan fingerprint density at radius 1 is 1.47 bits per heavy atom. The van der Waals surface area contributed by atoms with E-state index >= 15 is 0 Å². The van der Waals surface area contributed by atoms with E-state index < -0.39 is 17.7 Å². The van der Waals surface area contributed by atoms with Crippen LogP contribution in [0, 0.1) is 17.7 Å². The molecule has 1 aromatic rings. The van der Waals surface area contributed by atoms with Crippen LogP contribution in [0.25, 0.3) is 0 Å². The van der Waals surface area contributed by atoms with Gasteiger partial charge in [-0.15, -0.1) is 0 Å². The first-order valence-corrected chi connectivity index (χ1v) is 5.51. The Labute approximate surface area is 100 Å². The number of carboxylic acid groups (broad SMARTS) is 1. The van der Waals surface area contributed by atoms with Gasteiger partial charge in [0.25, 0.3) is 0 Å². The third-order valence-electron chi connectivity index (χ3n) is 2.79. The molecule has 4 heteroatoms. The second kappa shape index (κ2) is 5.66. The van der Waals surface area contributed by atoms with Crippen molar-refractivity contribution >= 4 is 5.97 Å². The molecule has 0 aliphatic heterocycles. The van der Waals surface area contributed by atoms with E-state index in [9.17, 15) is 9.18 Å². The first kappa shape index (κ1) is 13.5. The van der Waals surface area contributed by atoms with Gasteiger partial charge in [-0.25, -0.2) is 4.39 Å². The van der Waals surface area contributed by atoms with Gasteiger partial charge in [0.05, 0.1) is 13.0 Å². The van der Waals surface area contributed by atoms with E-state index in [4.69, 9.17) is 9.84 Å².